The van der Waals surface area contributed by atoms with Gasteiger partial charge in [0.05, 0.1) is 31.3 Å². The Kier molecular flexibility index (Phi) is 11.4. The minimum atomic E-state index is -5.22. The predicted octanol–water partition coefficient (Wildman–Crippen LogP) is 4.45. The van der Waals surface area contributed by atoms with Crippen molar-refractivity contribution >= 4 is 23.3 Å². The van der Waals surface area contributed by atoms with Crippen LogP contribution in [0, 0.1) is 29.1 Å². The van der Waals surface area contributed by atoms with Gasteiger partial charge in [0.2, 0.25) is 17.5 Å². The molecule has 13 heteroatoms. The maximum Gasteiger partial charge on any atom is 0.450 e. The van der Waals surface area contributed by atoms with Crippen molar-refractivity contribution in [3.05, 3.63) is 65.2 Å². The molecule has 0 saturated carbocycles. The van der Waals surface area contributed by atoms with Crippen LogP contribution in [0.15, 0.2) is 48.5 Å². The first-order valence-electron chi connectivity index (χ1n) is 12.7. The lowest BCUT2D eigenvalue weighted by molar-refractivity contribution is -0.177. The molecule has 0 aliphatic heterocycles. The van der Waals surface area contributed by atoms with E-state index in [1.54, 1.807) is 6.07 Å². The number of ketones is 3. The van der Waals surface area contributed by atoms with Gasteiger partial charge in [-0.05, 0) is 29.7 Å². The van der Waals surface area contributed by atoms with E-state index in [0.717, 1.165) is 12.1 Å². The Morgan fingerprint density at radius 2 is 1.57 bits per heavy atom. The van der Waals surface area contributed by atoms with E-state index < -0.39 is 89.7 Å². The van der Waals surface area contributed by atoms with E-state index in [1.165, 1.54) is 57.4 Å². The lowest BCUT2D eigenvalue weighted by atomic mass is 9.84. The van der Waals surface area contributed by atoms with Crippen molar-refractivity contribution in [1.82, 2.24) is 5.32 Å². The lowest BCUT2D eigenvalue weighted by Crippen LogP contribution is -2.42. The second kappa shape index (κ2) is 14.1. The number of benzene rings is 2. The number of amides is 1. The van der Waals surface area contributed by atoms with E-state index >= 15 is 0 Å². The quantitative estimate of drug-likeness (QED) is 0.308. The summed E-state index contributed by atoms with van der Waals surface area (Å²) < 4.78 is 74.5. The number of alkyl halides is 5. The zero-order valence-electron chi connectivity index (χ0n) is 22.9. The number of aliphatic hydroxyl groups is 1. The molecule has 3 atom stereocenters. The van der Waals surface area contributed by atoms with Gasteiger partial charge in [-0.15, -0.1) is 0 Å². The SMILES string of the molecule is COc1ccc([C@H](NC(=O)[C@H](CO)CC(=O)C(F)(F)c2ccccc2C#N)C(=O)C[C@H](C(=O)C(F)(F)F)C(C)C)cc1. The average molecular weight is 597 g/mol. The number of Topliss-reactive ketones (excluding diaryl/α,β-unsaturated/α-hetero) is 3. The minimum absolute atomic E-state index is 0.0624. The highest BCUT2D eigenvalue weighted by Crippen LogP contribution is 2.34. The Bertz CT molecular complexity index is 1340. The van der Waals surface area contributed by atoms with Crippen molar-refractivity contribution in [2.75, 3.05) is 13.7 Å². The number of ether oxygens (including phenoxy) is 1. The highest BCUT2D eigenvalue weighted by Gasteiger charge is 2.46. The summed E-state index contributed by atoms with van der Waals surface area (Å²) in [6.45, 7) is 1.54. The smallest absolute Gasteiger partial charge is 0.450 e. The van der Waals surface area contributed by atoms with Crippen LogP contribution < -0.4 is 10.1 Å². The summed E-state index contributed by atoms with van der Waals surface area (Å²) in [6, 6.07) is 9.77. The maximum atomic E-state index is 15.0. The normalized spacial score (nSPS) is 13.9. The van der Waals surface area contributed by atoms with Crippen molar-refractivity contribution in [1.29, 1.82) is 5.26 Å². The third-order valence-corrected chi connectivity index (χ3v) is 6.66. The van der Waals surface area contributed by atoms with Crippen molar-refractivity contribution < 1.29 is 51.0 Å². The van der Waals surface area contributed by atoms with Crippen LogP contribution in [0.1, 0.15) is 49.4 Å². The van der Waals surface area contributed by atoms with Crippen molar-refractivity contribution in [2.24, 2.45) is 17.8 Å². The molecule has 0 aromatic heterocycles. The van der Waals surface area contributed by atoms with Crippen LogP contribution >= 0.6 is 0 Å². The van der Waals surface area contributed by atoms with Crippen LogP contribution in [0.5, 0.6) is 5.75 Å². The molecular formula is C29H29F5N2O6. The molecule has 0 spiro atoms. The van der Waals surface area contributed by atoms with Crippen LogP contribution in [0.4, 0.5) is 22.0 Å². The first kappa shape index (κ1) is 34.0. The third-order valence-electron chi connectivity index (χ3n) is 6.66. The van der Waals surface area contributed by atoms with Gasteiger partial charge in [0.15, 0.2) is 5.78 Å². The number of methoxy groups -OCH3 is 1. The molecule has 2 aromatic carbocycles. The zero-order valence-corrected chi connectivity index (χ0v) is 22.9. The Morgan fingerprint density at radius 1 is 0.976 bits per heavy atom. The summed E-state index contributed by atoms with van der Waals surface area (Å²) in [6.07, 6.45) is -7.33. The number of rotatable bonds is 14. The monoisotopic (exact) mass is 596 g/mol. The molecule has 2 N–H and O–H groups in total. The lowest BCUT2D eigenvalue weighted by Gasteiger charge is -2.26. The minimum Gasteiger partial charge on any atom is -0.497 e. The molecule has 0 aliphatic carbocycles. The summed E-state index contributed by atoms with van der Waals surface area (Å²) in [5.74, 6) is -14.5. The second-order valence-electron chi connectivity index (χ2n) is 9.84. The van der Waals surface area contributed by atoms with Crippen LogP contribution in [-0.4, -0.2) is 48.3 Å². The van der Waals surface area contributed by atoms with Gasteiger partial charge >= 0.3 is 12.1 Å². The van der Waals surface area contributed by atoms with Gasteiger partial charge in [0.25, 0.3) is 0 Å². The Morgan fingerprint density at radius 3 is 2.07 bits per heavy atom. The fraction of sp³-hybridized carbons (Fsp3) is 0.414. The summed E-state index contributed by atoms with van der Waals surface area (Å²) >= 11 is 0. The molecule has 1 amide bonds. The van der Waals surface area contributed by atoms with Gasteiger partial charge in [0.1, 0.15) is 11.8 Å². The van der Waals surface area contributed by atoms with Gasteiger partial charge in [-0.1, -0.05) is 44.2 Å². The van der Waals surface area contributed by atoms with Gasteiger partial charge < -0.3 is 15.2 Å². The average Bonchev–Trinajstić information content (AvgIpc) is 2.95. The number of nitrogens with zero attached hydrogens (tertiary/aromatic N) is 1. The van der Waals surface area contributed by atoms with Crippen LogP contribution in [-0.2, 0) is 25.1 Å². The van der Waals surface area contributed by atoms with Crippen molar-refractivity contribution in [3.8, 4) is 11.8 Å². The van der Waals surface area contributed by atoms with E-state index in [9.17, 15) is 46.2 Å². The number of carbonyl (C=O) groups excluding carboxylic acids is 4. The van der Waals surface area contributed by atoms with Crippen LogP contribution in [0.2, 0.25) is 0 Å². The third kappa shape index (κ3) is 8.19. The molecule has 42 heavy (non-hydrogen) atoms. The summed E-state index contributed by atoms with van der Waals surface area (Å²) in [5, 5.41) is 21.1. The summed E-state index contributed by atoms with van der Waals surface area (Å²) in [5.41, 5.74) is -1.30. The van der Waals surface area contributed by atoms with Crippen LogP contribution in [0.3, 0.4) is 0 Å². The molecule has 0 unspecified atom stereocenters. The largest absolute Gasteiger partial charge is 0.497 e. The van der Waals surface area contributed by atoms with Gasteiger partial charge in [-0.25, -0.2) is 0 Å². The Hall–Kier alpha value is -4.18. The molecule has 0 saturated heterocycles. The number of nitriles is 1. The van der Waals surface area contributed by atoms with Gasteiger partial charge in [-0.3, -0.25) is 19.2 Å². The highest BCUT2D eigenvalue weighted by atomic mass is 19.4. The van der Waals surface area contributed by atoms with Crippen LogP contribution in [0.25, 0.3) is 0 Å². The summed E-state index contributed by atoms with van der Waals surface area (Å²) in [4.78, 5) is 50.9. The molecular weight excluding hydrogens is 567 g/mol. The standard InChI is InChI=1S/C29H29F5N2O6/c1-16(2)21(26(40)29(32,33)34)13-23(38)25(17-8-10-20(42-3)11-9-17)36-27(41)19(15-37)12-24(39)28(30,31)22-7-5-4-6-18(22)14-35/h4-11,16,19,21,25,37H,12-13,15H2,1-3H3,(H,36,41)/t19-,21-,25-/m0/s1. The van der Waals surface area contributed by atoms with E-state index in [1.807, 2.05) is 0 Å². The van der Waals surface area contributed by atoms with E-state index in [2.05, 4.69) is 5.32 Å². The number of carbonyl (C=O) groups is 4. The zero-order chi connectivity index (χ0) is 31.8. The van der Waals surface area contributed by atoms with E-state index in [4.69, 9.17) is 10.00 Å². The topological polar surface area (TPSA) is 134 Å². The van der Waals surface area contributed by atoms with Gasteiger partial charge in [0, 0.05) is 24.3 Å². The van der Waals surface area contributed by atoms with Crippen molar-refractivity contribution in [2.45, 2.75) is 44.8 Å². The Labute approximate surface area is 238 Å². The van der Waals surface area contributed by atoms with E-state index in [-0.39, 0.29) is 5.56 Å². The molecule has 0 fully saturated rings. The number of hydrogen-bond donors (Lipinski definition) is 2. The molecule has 0 radical (unpaired) electrons. The number of hydrogen-bond acceptors (Lipinski definition) is 7. The second-order valence-corrected chi connectivity index (χ2v) is 9.84. The summed E-state index contributed by atoms with van der Waals surface area (Å²) in [7, 11) is 1.35. The molecule has 0 bridgehead atoms. The van der Waals surface area contributed by atoms with Crippen molar-refractivity contribution in [3.63, 3.8) is 0 Å². The fourth-order valence-corrected chi connectivity index (χ4v) is 4.18. The van der Waals surface area contributed by atoms with E-state index in [0.29, 0.717) is 5.75 Å². The molecule has 8 nitrogen and oxygen atoms in total. The fourth-order valence-electron chi connectivity index (χ4n) is 4.18. The molecule has 0 aliphatic rings. The Balaban J connectivity index is 2.37. The molecule has 226 valence electrons. The first-order valence-corrected chi connectivity index (χ1v) is 12.7. The number of halogens is 5. The number of aliphatic hydroxyl groups excluding tert-OH is 1. The number of nitrogens with one attached hydrogen (secondary N) is 1. The first-order chi connectivity index (χ1) is 19.6. The maximum absolute atomic E-state index is 15.0. The molecule has 2 aromatic rings. The molecule has 0 heterocycles. The highest BCUT2D eigenvalue weighted by molar-refractivity contribution is 5.97. The molecule has 2 rings (SSSR count). The van der Waals surface area contributed by atoms with Gasteiger partial charge in [-0.2, -0.15) is 27.2 Å². The predicted molar refractivity (Wildman–Crippen MR) is 138 cm³/mol.